The number of rotatable bonds is 5. The first-order chi connectivity index (χ1) is 11.7. The highest BCUT2D eigenvalue weighted by Crippen LogP contribution is 2.48. The van der Waals surface area contributed by atoms with Gasteiger partial charge in [0.2, 0.25) is 5.91 Å². The molecule has 1 N–H and O–H groups in total. The number of aryl methyl sites for hydroxylation is 2. The standard InChI is InChI=1S/C19H25F3N2O/c1-13-7-14(2)9-16(8-13)18(4-5-18)17(25)23-10-15-3-6-24(11-15)12-19(20,21)22/h7-9,15H,3-6,10-12H2,1-2H3,(H,23,25)/t15-/m1/s1. The van der Waals surface area contributed by atoms with E-state index in [1.807, 2.05) is 13.8 Å². The molecule has 1 aliphatic heterocycles. The number of carbonyl (C=O) groups is 1. The highest BCUT2D eigenvalue weighted by Gasteiger charge is 2.51. The predicted octanol–water partition coefficient (Wildman–Crippen LogP) is 3.34. The Morgan fingerprint density at radius 2 is 1.88 bits per heavy atom. The van der Waals surface area contributed by atoms with Gasteiger partial charge in [0.25, 0.3) is 0 Å². The fraction of sp³-hybridized carbons (Fsp3) is 0.632. The molecule has 1 saturated heterocycles. The van der Waals surface area contributed by atoms with E-state index in [1.54, 1.807) is 0 Å². The van der Waals surface area contributed by atoms with Gasteiger partial charge in [-0.25, -0.2) is 0 Å². The minimum absolute atomic E-state index is 0.0202. The number of alkyl halides is 3. The van der Waals surface area contributed by atoms with Crippen LogP contribution >= 0.6 is 0 Å². The number of amides is 1. The number of benzene rings is 1. The van der Waals surface area contributed by atoms with E-state index < -0.39 is 18.1 Å². The number of likely N-dealkylation sites (tertiary alicyclic amines) is 1. The monoisotopic (exact) mass is 354 g/mol. The Bertz CT molecular complexity index is 632. The van der Waals surface area contributed by atoms with Crippen molar-refractivity contribution in [3.63, 3.8) is 0 Å². The predicted molar refractivity (Wildman–Crippen MR) is 90.4 cm³/mol. The Labute approximate surface area is 146 Å². The van der Waals surface area contributed by atoms with Crippen LogP contribution in [0.15, 0.2) is 18.2 Å². The van der Waals surface area contributed by atoms with Crippen LogP contribution in [0.4, 0.5) is 13.2 Å². The normalized spacial score (nSPS) is 22.8. The lowest BCUT2D eigenvalue weighted by Gasteiger charge is -2.20. The molecule has 1 aliphatic carbocycles. The van der Waals surface area contributed by atoms with Gasteiger partial charge in [-0.05, 0) is 51.1 Å². The lowest BCUT2D eigenvalue weighted by Crippen LogP contribution is -2.39. The van der Waals surface area contributed by atoms with E-state index in [9.17, 15) is 18.0 Å². The minimum atomic E-state index is -4.15. The third kappa shape index (κ3) is 4.35. The van der Waals surface area contributed by atoms with Crippen molar-refractivity contribution < 1.29 is 18.0 Å². The van der Waals surface area contributed by atoms with E-state index in [1.165, 1.54) is 4.90 Å². The van der Waals surface area contributed by atoms with Crippen LogP contribution in [0.5, 0.6) is 0 Å². The average Bonchev–Trinajstić information content (AvgIpc) is 3.19. The van der Waals surface area contributed by atoms with Crippen molar-refractivity contribution in [1.82, 2.24) is 10.2 Å². The number of hydrogen-bond acceptors (Lipinski definition) is 2. The summed E-state index contributed by atoms with van der Waals surface area (Å²) < 4.78 is 37.4. The summed E-state index contributed by atoms with van der Waals surface area (Å²) in [6, 6.07) is 6.23. The van der Waals surface area contributed by atoms with Gasteiger partial charge in [-0.1, -0.05) is 29.3 Å². The topological polar surface area (TPSA) is 32.3 Å². The zero-order valence-corrected chi connectivity index (χ0v) is 14.7. The van der Waals surface area contributed by atoms with Crippen molar-refractivity contribution in [2.75, 3.05) is 26.2 Å². The Balaban J connectivity index is 1.55. The maximum atomic E-state index is 12.7. The molecule has 1 amide bonds. The summed E-state index contributed by atoms with van der Waals surface area (Å²) >= 11 is 0. The highest BCUT2D eigenvalue weighted by atomic mass is 19.4. The summed E-state index contributed by atoms with van der Waals surface area (Å²) in [5.74, 6) is 0.119. The van der Waals surface area contributed by atoms with E-state index >= 15 is 0 Å². The van der Waals surface area contributed by atoms with Gasteiger partial charge >= 0.3 is 6.18 Å². The van der Waals surface area contributed by atoms with E-state index in [0.717, 1.165) is 29.5 Å². The van der Waals surface area contributed by atoms with Gasteiger partial charge in [0, 0.05) is 13.1 Å². The molecule has 1 heterocycles. The molecule has 0 bridgehead atoms. The van der Waals surface area contributed by atoms with Crippen LogP contribution in [0, 0.1) is 19.8 Å². The van der Waals surface area contributed by atoms with Gasteiger partial charge in [0.05, 0.1) is 12.0 Å². The van der Waals surface area contributed by atoms with Gasteiger partial charge in [-0.15, -0.1) is 0 Å². The summed E-state index contributed by atoms with van der Waals surface area (Å²) in [6.07, 6.45) is -1.77. The molecule has 0 unspecified atom stereocenters. The number of nitrogens with zero attached hydrogens (tertiary/aromatic N) is 1. The van der Waals surface area contributed by atoms with Crippen LogP contribution in [0.2, 0.25) is 0 Å². The van der Waals surface area contributed by atoms with E-state index in [-0.39, 0.29) is 11.8 Å². The number of nitrogens with one attached hydrogen (secondary N) is 1. The van der Waals surface area contributed by atoms with Gasteiger partial charge < -0.3 is 5.32 Å². The van der Waals surface area contributed by atoms with Crippen LogP contribution in [-0.2, 0) is 10.2 Å². The summed E-state index contributed by atoms with van der Waals surface area (Å²) in [6.45, 7) is 4.50. The molecule has 2 aliphatic rings. The Morgan fingerprint density at radius 3 is 2.44 bits per heavy atom. The largest absolute Gasteiger partial charge is 0.401 e. The highest BCUT2D eigenvalue weighted by molar-refractivity contribution is 5.91. The minimum Gasteiger partial charge on any atom is -0.355 e. The molecule has 25 heavy (non-hydrogen) atoms. The lowest BCUT2D eigenvalue weighted by atomic mass is 9.92. The van der Waals surface area contributed by atoms with Gasteiger partial charge in [-0.2, -0.15) is 13.2 Å². The molecule has 3 nitrogen and oxygen atoms in total. The smallest absolute Gasteiger partial charge is 0.355 e. The van der Waals surface area contributed by atoms with Gasteiger partial charge in [-0.3, -0.25) is 9.69 Å². The molecular weight excluding hydrogens is 329 g/mol. The zero-order chi connectivity index (χ0) is 18.2. The van der Waals surface area contributed by atoms with E-state index in [4.69, 9.17) is 0 Å². The molecule has 138 valence electrons. The Kier molecular flexibility index (Phi) is 4.84. The summed E-state index contributed by atoms with van der Waals surface area (Å²) in [5.41, 5.74) is 2.93. The summed E-state index contributed by atoms with van der Waals surface area (Å²) in [7, 11) is 0. The summed E-state index contributed by atoms with van der Waals surface area (Å²) in [5, 5.41) is 3.00. The second-order valence-electron chi connectivity index (χ2n) is 7.67. The second kappa shape index (κ2) is 6.63. The van der Waals surface area contributed by atoms with Crippen molar-refractivity contribution in [1.29, 1.82) is 0 Å². The number of hydrogen-bond donors (Lipinski definition) is 1. The van der Waals surface area contributed by atoms with Crippen LogP contribution in [0.25, 0.3) is 0 Å². The number of halogens is 3. The fourth-order valence-electron chi connectivity index (χ4n) is 3.91. The Morgan fingerprint density at radius 1 is 1.24 bits per heavy atom. The van der Waals surface area contributed by atoms with Gasteiger partial charge in [0.15, 0.2) is 0 Å². The maximum Gasteiger partial charge on any atom is 0.401 e. The SMILES string of the molecule is Cc1cc(C)cc(C2(C(=O)NC[C@H]3CCN(CC(F)(F)F)C3)CC2)c1. The molecule has 0 spiro atoms. The molecule has 3 rings (SSSR count). The zero-order valence-electron chi connectivity index (χ0n) is 14.7. The molecule has 0 aromatic heterocycles. The van der Waals surface area contributed by atoms with E-state index in [0.29, 0.717) is 26.1 Å². The van der Waals surface area contributed by atoms with Crippen molar-refractivity contribution in [3.05, 3.63) is 34.9 Å². The first kappa shape index (κ1) is 18.2. The second-order valence-corrected chi connectivity index (χ2v) is 7.67. The Hall–Kier alpha value is -1.56. The molecule has 1 atom stereocenters. The van der Waals surface area contributed by atoms with Crippen LogP contribution < -0.4 is 5.32 Å². The average molecular weight is 354 g/mol. The van der Waals surface area contributed by atoms with Crippen molar-refractivity contribution in [3.8, 4) is 0 Å². The quantitative estimate of drug-likeness (QED) is 0.880. The molecule has 2 fully saturated rings. The third-order valence-corrected chi connectivity index (χ3v) is 5.28. The lowest BCUT2D eigenvalue weighted by molar-refractivity contribution is -0.143. The molecule has 1 aromatic rings. The van der Waals surface area contributed by atoms with E-state index in [2.05, 4.69) is 23.5 Å². The van der Waals surface area contributed by atoms with Crippen molar-refractivity contribution in [2.45, 2.75) is 44.7 Å². The van der Waals surface area contributed by atoms with Crippen molar-refractivity contribution in [2.24, 2.45) is 5.92 Å². The molecular formula is C19H25F3N2O. The first-order valence-electron chi connectivity index (χ1n) is 8.84. The molecule has 1 aromatic carbocycles. The first-order valence-corrected chi connectivity index (χ1v) is 8.84. The molecule has 1 saturated carbocycles. The maximum absolute atomic E-state index is 12.7. The van der Waals surface area contributed by atoms with Crippen LogP contribution in [0.1, 0.15) is 36.0 Å². The van der Waals surface area contributed by atoms with Gasteiger partial charge in [0.1, 0.15) is 0 Å². The fourth-order valence-corrected chi connectivity index (χ4v) is 3.91. The van der Waals surface area contributed by atoms with Crippen LogP contribution in [-0.4, -0.2) is 43.2 Å². The van der Waals surface area contributed by atoms with Crippen LogP contribution in [0.3, 0.4) is 0 Å². The third-order valence-electron chi connectivity index (χ3n) is 5.28. The summed E-state index contributed by atoms with van der Waals surface area (Å²) in [4.78, 5) is 14.1. The molecule has 0 radical (unpaired) electrons. The molecule has 6 heteroatoms. The number of carbonyl (C=O) groups excluding carboxylic acids is 1. The van der Waals surface area contributed by atoms with Crippen molar-refractivity contribution >= 4 is 5.91 Å².